The van der Waals surface area contributed by atoms with E-state index in [2.05, 4.69) is 26.3 Å². The van der Waals surface area contributed by atoms with E-state index in [1.807, 2.05) is 58.0 Å². The average molecular weight is 1140 g/mol. The first-order chi connectivity index (χ1) is 38.8. The minimum absolute atomic E-state index is 0.0160. The zero-order valence-corrected chi connectivity index (χ0v) is 48.2. The number of halogens is 2. The molecule has 10 N–H and O–H groups in total. The molecule has 21 nitrogen and oxygen atoms in total. The smallest absolute Gasteiger partial charge is 0.326 e. The Bertz CT molecular complexity index is 2770. The van der Waals surface area contributed by atoms with E-state index >= 15 is 4.39 Å². The van der Waals surface area contributed by atoms with Crippen LogP contribution in [0, 0.1) is 34.8 Å². The summed E-state index contributed by atoms with van der Waals surface area (Å²) >= 11 is 0. The zero-order valence-electron chi connectivity index (χ0n) is 48.2. The van der Waals surface area contributed by atoms with Crippen LogP contribution in [0.3, 0.4) is 0 Å². The van der Waals surface area contributed by atoms with E-state index in [4.69, 9.17) is 16.6 Å². The van der Waals surface area contributed by atoms with E-state index in [1.54, 1.807) is 20.0 Å². The van der Waals surface area contributed by atoms with Crippen molar-refractivity contribution in [2.45, 2.75) is 162 Å². The van der Waals surface area contributed by atoms with Crippen molar-refractivity contribution >= 4 is 53.2 Å². The van der Waals surface area contributed by atoms with Gasteiger partial charge in [-0.2, -0.15) is 5.10 Å². The summed E-state index contributed by atoms with van der Waals surface area (Å²) in [5, 5.41) is 36.1. The number of benzene rings is 2. The molecule has 1 saturated carbocycles. The Hall–Kier alpha value is -7.40. The number of carboxylic acids is 1. The number of nitrogens with two attached hydrogens (primary N) is 2. The van der Waals surface area contributed by atoms with Crippen molar-refractivity contribution in [1.82, 2.24) is 40.8 Å². The van der Waals surface area contributed by atoms with Gasteiger partial charge in [0.15, 0.2) is 0 Å². The van der Waals surface area contributed by atoms with Gasteiger partial charge in [0.2, 0.25) is 29.5 Å². The highest BCUT2D eigenvalue weighted by atomic mass is 19.1. The molecule has 0 radical (unpaired) electrons. The maximum absolute atomic E-state index is 15.3. The molecule has 3 unspecified atom stereocenters. The van der Waals surface area contributed by atoms with E-state index < -0.39 is 89.4 Å². The molecule has 2 heterocycles. The fraction of sp³-hybridized carbons (Fsp3) is 0.559. The third-order valence-electron chi connectivity index (χ3n) is 15.6. The van der Waals surface area contributed by atoms with Crippen molar-refractivity contribution in [3.05, 3.63) is 95.3 Å². The summed E-state index contributed by atoms with van der Waals surface area (Å²) < 4.78 is 31.0. The van der Waals surface area contributed by atoms with Crippen LogP contribution in [0.5, 0.6) is 0 Å². The first-order valence-electron chi connectivity index (χ1n) is 28.3. The van der Waals surface area contributed by atoms with E-state index in [0.717, 1.165) is 23.8 Å². The Morgan fingerprint density at radius 1 is 0.878 bits per heavy atom. The monoisotopic (exact) mass is 1140 g/mol. The van der Waals surface area contributed by atoms with Gasteiger partial charge in [0, 0.05) is 74.4 Å². The number of amidine groups is 1. The molecule has 448 valence electrons. The number of carbonyl (C=O) groups excluding carboxylic acids is 7. The minimum atomic E-state index is -1.27. The summed E-state index contributed by atoms with van der Waals surface area (Å²) in [5.41, 5.74) is 13.7. The second kappa shape index (κ2) is 30.6. The molecule has 5 rings (SSSR count). The largest absolute Gasteiger partial charge is 0.480 e. The van der Waals surface area contributed by atoms with Crippen LogP contribution in [0.2, 0.25) is 0 Å². The molecule has 0 spiro atoms. The number of rotatable bonds is 32. The van der Waals surface area contributed by atoms with Crippen molar-refractivity contribution in [1.29, 1.82) is 0 Å². The van der Waals surface area contributed by atoms with Gasteiger partial charge in [-0.3, -0.25) is 43.5 Å². The van der Waals surface area contributed by atoms with E-state index in [-0.39, 0.29) is 73.1 Å². The average Bonchev–Trinajstić information content (AvgIpc) is 3.09. The molecule has 1 aliphatic heterocycles. The molecule has 0 saturated heterocycles. The number of aromatic nitrogens is 2. The summed E-state index contributed by atoms with van der Waals surface area (Å²) in [5.74, 6) is -6.51. The highest BCUT2D eigenvalue weighted by Crippen LogP contribution is 2.45. The number of carboxylic acid groups (broad SMARTS) is 1. The molecule has 82 heavy (non-hydrogen) atoms. The van der Waals surface area contributed by atoms with Crippen LogP contribution in [0.1, 0.15) is 142 Å². The Kier molecular flexibility index (Phi) is 24.4. The van der Waals surface area contributed by atoms with Crippen LogP contribution in [0.15, 0.2) is 71.9 Å². The maximum atomic E-state index is 15.3. The number of aliphatic hydroxyl groups is 1. The Morgan fingerprint density at radius 3 is 2.22 bits per heavy atom. The predicted molar refractivity (Wildman–Crippen MR) is 303 cm³/mol. The Balaban J connectivity index is 1.08. The lowest BCUT2D eigenvalue weighted by molar-refractivity contribution is -0.142. The fourth-order valence-corrected chi connectivity index (χ4v) is 10.1. The molecule has 2 aliphatic rings. The van der Waals surface area contributed by atoms with E-state index in [0.29, 0.717) is 82.0 Å². The van der Waals surface area contributed by atoms with Gasteiger partial charge in [0.1, 0.15) is 42.1 Å². The highest BCUT2D eigenvalue weighted by molar-refractivity contribution is 6.12. The van der Waals surface area contributed by atoms with Crippen molar-refractivity contribution in [3.8, 4) is 5.69 Å². The summed E-state index contributed by atoms with van der Waals surface area (Å²) in [6.45, 7) is 12.5. The Labute approximate surface area is 478 Å². The number of hydrogen-bond acceptors (Lipinski definition) is 12. The van der Waals surface area contributed by atoms with Crippen LogP contribution >= 0.6 is 0 Å². The van der Waals surface area contributed by atoms with Gasteiger partial charge in [-0.25, -0.2) is 18.3 Å². The third kappa shape index (κ3) is 18.3. The van der Waals surface area contributed by atoms with Crippen molar-refractivity contribution in [2.75, 3.05) is 26.2 Å². The number of aliphatic imine (C=N–C) groups is 1. The van der Waals surface area contributed by atoms with Gasteiger partial charge in [-0.1, -0.05) is 78.3 Å². The van der Waals surface area contributed by atoms with Crippen molar-refractivity contribution < 1.29 is 57.4 Å². The van der Waals surface area contributed by atoms with E-state index in [1.165, 1.54) is 33.6 Å². The standard InChI is InChI=1S/C59H83F2N11O10/c1-35(2)51(68-47(63)19-12-9-15-28-70-48(74)24-25-49(70)75)57(80)65-37(5)54(77)67-45(58(81)82)18-13-14-27-64-55(78)39-20-22-42(31-39)66-56(79)44(62)26-29-71(50(76)34-73)53(59(6,7)36(3)4)52-40(30-38-16-10-8-11-17-38)33-72(69-52)46-32-41(60)21-23-43(46)61/h8,10-11,16-17,21,23-25,32-33,35-37,39,42,44-45,51,53,73H,9,12-15,18-20,22,26-31,34,62H2,1-7H3,(H2,63,68)(H,64,78)(H,65,80)(H,66,79)(H,67,77)(H,81,82)/t37-,39?,42?,44-,45-,51-,53?/m0/s1. The molecule has 3 aromatic rings. The lowest BCUT2D eigenvalue weighted by Crippen LogP contribution is -2.52. The molecule has 7 amide bonds. The molecule has 2 aromatic carbocycles. The summed E-state index contributed by atoms with van der Waals surface area (Å²) in [4.78, 5) is 110. The fourth-order valence-electron chi connectivity index (χ4n) is 10.1. The second-order valence-corrected chi connectivity index (χ2v) is 22.7. The third-order valence-corrected chi connectivity index (χ3v) is 15.6. The normalized spacial score (nSPS) is 17.4. The molecular weight excluding hydrogens is 1060 g/mol. The lowest BCUT2D eigenvalue weighted by Gasteiger charge is -2.44. The summed E-state index contributed by atoms with van der Waals surface area (Å²) in [7, 11) is 0. The molecule has 1 fully saturated rings. The SMILES string of the molecule is CC(C)[C@H](N=C(N)CCCCCN1C(=O)C=CC1=O)C(=O)N[C@@H](C)C(=O)N[C@@H](CCCCNC(=O)C1CCC(NC(=O)[C@@H](N)CCN(C(=O)CO)C(c2nn(-c3cc(F)ccc3F)cc2Cc2ccccc2)C(C)(C)C(C)C)C1)C(=O)O. The van der Waals surface area contributed by atoms with Gasteiger partial charge < -0.3 is 47.8 Å². The first kappa shape index (κ1) is 65.4. The van der Waals surface area contributed by atoms with E-state index in [9.17, 15) is 53.0 Å². The van der Waals surface area contributed by atoms with Gasteiger partial charge in [-0.05, 0) is 99.7 Å². The van der Waals surface area contributed by atoms with Crippen molar-refractivity contribution in [3.63, 3.8) is 0 Å². The number of imide groups is 1. The summed E-state index contributed by atoms with van der Waals surface area (Å²) in [6.07, 6.45) is 8.74. The molecule has 7 atom stereocenters. The highest BCUT2D eigenvalue weighted by Gasteiger charge is 2.43. The Morgan fingerprint density at radius 2 is 1.57 bits per heavy atom. The van der Waals surface area contributed by atoms with Gasteiger partial charge >= 0.3 is 5.97 Å². The molecule has 23 heteroatoms. The van der Waals surface area contributed by atoms with Crippen LogP contribution in [0.4, 0.5) is 8.78 Å². The van der Waals surface area contributed by atoms with Gasteiger partial charge in [-0.15, -0.1) is 0 Å². The number of nitrogens with zero attached hydrogens (tertiary/aromatic N) is 5. The number of nitrogens with one attached hydrogen (secondary N) is 4. The number of aliphatic carboxylic acids is 1. The van der Waals surface area contributed by atoms with Crippen molar-refractivity contribution in [2.24, 2.45) is 39.6 Å². The molecular formula is C59H83F2N11O10. The minimum Gasteiger partial charge on any atom is -0.480 e. The number of carbonyl (C=O) groups is 8. The maximum Gasteiger partial charge on any atom is 0.326 e. The lowest BCUT2D eigenvalue weighted by atomic mass is 9.72. The number of unbranched alkanes of at least 4 members (excludes halogenated alkanes) is 3. The molecule has 1 aromatic heterocycles. The van der Waals surface area contributed by atoms with Crippen LogP contribution < -0.4 is 32.7 Å². The van der Waals surface area contributed by atoms with Gasteiger partial charge in [0.05, 0.1) is 23.6 Å². The van der Waals surface area contributed by atoms with Gasteiger partial charge in [0.25, 0.3) is 11.8 Å². The number of amides is 7. The number of hydrogen-bond donors (Lipinski definition) is 8. The quantitative estimate of drug-likeness (QED) is 0.0185. The molecule has 1 aliphatic carbocycles. The van der Waals surface area contributed by atoms with Crippen LogP contribution in [-0.2, 0) is 44.8 Å². The topological polar surface area (TPSA) is 314 Å². The van der Waals surface area contributed by atoms with Crippen LogP contribution in [0.25, 0.3) is 5.69 Å². The number of aliphatic hydroxyl groups excluding tert-OH is 1. The molecule has 0 bridgehead atoms. The zero-order chi connectivity index (χ0) is 60.4. The first-order valence-corrected chi connectivity index (χ1v) is 28.3. The summed E-state index contributed by atoms with van der Waals surface area (Å²) in [6, 6.07) is 6.94. The van der Waals surface area contributed by atoms with Crippen LogP contribution in [-0.4, -0.2) is 139 Å². The second-order valence-electron chi connectivity index (χ2n) is 22.7. The predicted octanol–water partition coefficient (Wildman–Crippen LogP) is 4.52.